The Morgan fingerprint density at radius 1 is 1.24 bits per heavy atom. The van der Waals surface area contributed by atoms with Gasteiger partial charge in [0.1, 0.15) is 0 Å². The van der Waals surface area contributed by atoms with Crippen molar-refractivity contribution in [2.45, 2.75) is 13.8 Å². The number of rotatable bonds is 6. The van der Waals surface area contributed by atoms with Crippen molar-refractivity contribution in [1.82, 2.24) is 0 Å². The van der Waals surface area contributed by atoms with Crippen molar-refractivity contribution < 1.29 is 0 Å². The predicted molar refractivity (Wildman–Crippen MR) is 73.1 cm³/mol. The molecule has 17 heavy (non-hydrogen) atoms. The van der Waals surface area contributed by atoms with Crippen LogP contribution < -0.4 is 4.90 Å². The fraction of sp³-hybridized carbons (Fsp3) is 0.385. The summed E-state index contributed by atoms with van der Waals surface area (Å²) in [6.07, 6.45) is 3.81. The van der Waals surface area contributed by atoms with Crippen LogP contribution in [0, 0.1) is 0 Å². The smallest absolute Gasteiger partial charge is 0.0443 e. The van der Waals surface area contributed by atoms with Gasteiger partial charge in [-0.3, -0.25) is 0 Å². The van der Waals surface area contributed by atoms with Crippen LogP contribution in [0.2, 0.25) is 0 Å². The average molecular weight is 230 g/mol. The van der Waals surface area contributed by atoms with Crippen LogP contribution in [0.5, 0.6) is 0 Å². The first kappa shape index (κ1) is 13.1. The summed E-state index contributed by atoms with van der Waals surface area (Å²) in [6.45, 7) is 6.73. The monoisotopic (exact) mass is 230 g/mol. The molecule has 0 radical (unpaired) electrons. The van der Waals surface area contributed by atoms with E-state index in [-0.39, 0.29) is 0 Å². The van der Waals surface area contributed by atoms with E-state index in [1.165, 1.54) is 5.69 Å². The summed E-state index contributed by atoms with van der Waals surface area (Å²) in [6, 6.07) is 8.36. The van der Waals surface area contributed by atoms with E-state index in [4.69, 9.17) is 5.53 Å². The Bertz CT molecular complexity index is 398. The van der Waals surface area contributed by atoms with Crippen molar-refractivity contribution in [2.24, 2.45) is 5.11 Å². The van der Waals surface area contributed by atoms with Gasteiger partial charge in [-0.1, -0.05) is 29.4 Å². The van der Waals surface area contributed by atoms with E-state index in [1.807, 2.05) is 12.2 Å². The standard InChI is InChI=1S/C13H18N4/c1-3-17(4-2)13-9-7-12(8-10-13)6-5-11-15-16-14/h5-10H,3-4,11H2,1-2H3. The summed E-state index contributed by atoms with van der Waals surface area (Å²) < 4.78 is 0. The zero-order chi connectivity index (χ0) is 12.5. The molecule has 1 aromatic rings. The Kier molecular flexibility index (Phi) is 5.69. The largest absolute Gasteiger partial charge is 0.372 e. The molecule has 0 bridgehead atoms. The number of benzene rings is 1. The van der Waals surface area contributed by atoms with Gasteiger partial charge in [-0.25, -0.2) is 0 Å². The minimum absolute atomic E-state index is 0.397. The molecule has 0 amide bonds. The quantitative estimate of drug-likeness (QED) is 0.416. The third-order valence-electron chi connectivity index (χ3n) is 2.58. The van der Waals surface area contributed by atoms with Gasteiger partial charge in [0.05, 0.1) is 0 Å². The Balaban J connectivity index is 2.67. The second-order valence-electron chi connectivity index (χ2n) is 3.58. The van der Waals surface area contributed by atoms with Crippen LogP contribution in [0.3, 0.4) is 0 Å². The molecule has 1 aromatic carbocycles. The lowest BCUT2D eigenvalue weighted by Crippen LogP contribution is -2.21. The maximum absolute atomic E-state index is 8.13. The SMILES string of the molecule is CCN(CC)c1ccc(C=CCN=[N+]=[N-])cc1. The van der Waals surface area contributed by atoms with E-state index in [1.54, 1.807) is 0 Å². The Morgan fingerprint density at radius 2 is 1.88 bits per heavy atom. The highest BCUT2D eigenvalue weighted by Gasteiger charge is 1.99. The first-order valence-corrected chi connectivity index (χ1v) is 5.84. The van der Waals surface area contributed by atoms with Gasteiger partial charge in [0.2, 0.25) is 0 Å². The lowest BCUT2D eigenvalue weighted by Gasteiger charge is -2.20. The van der Waals surface area contributed by atoms with Crippen molar-refractivity contribution in [1.29, 1.82) is 0 Å². The summed E-state index contributed by atoms with van der Waals surface area (Å²) in [5, 5.41) is 3.44. The molecule has 0 saturated carbocycles. The van der Waals surface area contributed by atoms with E-state index >= 15 is 0 Å². The Hall–Kier alpha value is -1.93. The van der Waals surface area contributed by atoms with Gasteiger partial charge in [0.15, 0.2) is 0 Å². The predicted octanol–water partition coefficient (Wildman–Crippen LogP) is 3.86. The molecule has 0 aromatic heterocycles. The molecule has 90 valence electrons. The van der Waals surface area contributed by atoms with Crippen molar-refractivity contribution in [3.8, 4) is 0 Å². The molecule has 0 heterocycles. The van der Waals surface area contributed by atoms with Crippen LogP contribution in [0.4, 0.5) is 5.69 Å². The van der Waals surface area contributed by atoms with E-state index < -0.39 is 0 Å². The van der Waals surface area contributed by atoms with E-state index in [2.05, 4.69) is 53.0 Å². The Morgan fingerprint density at radius 3 is 2.41 bits per heavy atom. The highest BCUT2D eigenvalue weighted by molar-refractivity contribution is 5.56. The van der Waals surface area contributed by atoms with Crippen LogP contribution in [0.15, 0.2) is 35.5 Å². The molecule has 1 rings (SSSR count). The number of hydrogen-bond donors (Lipinski definition) is 0. The fourth-order valence-corrected chi connectivity index (χ4v) is 1.66. The van der Waals surface area contributed by atoms with Gasteiger partial charge in [0, 0.05) is 30.2 Å². The van der Waals surface area contributed by atoms with Crippen LogP contribution >= 0.6 is 0 Å². The van der Waals surface area contributed by atoms with Crippen molar-refractivity contribution in [3.05, 3.63) is 46.3 Å². The van der Waals surface area contributed by atoms with Crippen molar-refractivity contribution >= 4 is 11.8 Å². The number of nitrogens with zero attached hydrogens (tertiary/aromatic N) is 4. The molecule has 0 aliphatic carbocycles. The van der Waals surface area contributed by atoms with E-state index in [0.29, 0.717) is 6.54 Å². The molecule has 0 aliphatic rings. The lowest BCUT2D eigenvalue weighted by molar-refractivity contribution is 0.866. The van der Waals surface area contributed by atoms with Gasteiger partial charge < -0.3 is 4.90 Å². The Labute approximate surface area is 102 Å². The van der Waals surface area contributed by atoms with Crippen molar-refractivity contribution in [3.63, 3.8) is 0 Å². The third-order valence-corrected chi connectivity index (χ3v) is 2.58. The second-order valence-corrected chi connectivity index (χ2v) is 3.58. The number of hydrogen-bond acceptors (Lipinski definition) is 2. The fourth-order valence-electron chi connectivity index (χ4n) is 1.66. The lowest BCUT2D eigenvalue weighted by atomic mass is 10.2. The van der Waals surface area contributed by atoms with Gasteiger partial charge >= 0.3 is 0 Å². The molecular formula is C13H18N4. The average Bonchev–Trinajstić information content (AvgIpc) is 2.38. The van der Waals surface area contributed by atoms with Gasteiger partial charge in [-0.15, -0.1) is 0 Å². The van der Waals surface area contributed by atoms with Crippen molar-refractivity contribution in [2.75, 3.05) is 24.5 Å². The third kappa shape index (κ3) is 4.21. The molecule has 0 spiro atoms. The number of anilines is 1. The van der Waals surface area contributed by atoms with Gasteiger partial charge in [-0.05, 0) is 37.1 Å². The maximum Gasteiger partial charge on any atom is 0.0443 e. The molecule has 0 saturated heterocycles. The molecule has 0 N–H and O–H groups in total. The summed E-state index contributed by atoms with van der Waals surface area (Å²) in [4.78, 5) is 4.99. The second kappa shape index (κ2) is 7.36. The molecule has 0 unspecified atom stereocenters. The van der Waals surface area contributed by atoms with Crippen LogP contribution in [-0.2, 0) is 0 Å². The summed E-state index contributed by atoms with van der Waals surface area (Å²) in [7, 11) is 0. The normalized spacial score (nSPS) is 10.2. The van der Waals surface area contributed by atoms with Crippen LogP contribution in [0.1, 0.15) is 19.4 Å². The van der Waals surface area contributed by atoms with Crippen LogP contribution in [0.25, 0.3) is 16.5 Å². The van der Waals surface area contributed by atoms with E-state index in [9.17, 15) is 0 Å². The molecule has 4 heteroatoms. The minimum atomic E-state index is 0.397. The van der Waals surface area contributed by atoms with E-state index in [0.717, 1.165) is 18.7 Å². The van der Waals surface area contributed by atoms with Gasteiger partial charge in [-0.2, -0.15) is 0 Å². The highest BCUT2D eigenvalue weighted by Crippen LogP contribution is 2.15. The first-order chi connectivity index (χ1) is 8.31. The minimum Gasteiger partial charge on any atom is -0.372 e. The zero-order valence-electron chi connectivity index (χ0n) is 10.4. The van der Waals surface area contributed by atoms with Gasteiger partial charge in [0.25, 0.3) is 0 Å². The summed E-state index contributed by atoms with van der Waals surface area (Å²) in [5.41, 5.74) is 10.5. The zero-order valence-corrected chi connectivity index (χ0v) is 10.4. The molecular weight excluding hydrogens is 212 g/mol. The molecule has 0 fully saturated rings. The molecule has 4 nitrogen and oxygen atoms in total. The summed E-state index contributed by atoms with van der Waals surface area (Å²) >= 11 is 0. The highest BCUT2D eigenvalue weighted by atomic mass is 15.1. The maximum atomic E-state index is 8.13. The molecule has 0 atom stereocenters. The van der Waals surface area contributed by atoms with Crippen LogP contribution in [-0.4, -0.2) is 19.6 Å². The summed E-state index contributed by atoms with van der Waals surface area (Å²) in [5.74, 6) is 0. The topological polar surface area (TPSA) is 52.0 Å². The first-order valence-electron chi connectivity index (χ1n) is 5.84. The molecule has 0 aliphatic heterocycles. The number of azide groups is 1.